The number of ether oxygens (including phenoxy) is 2. The third kappa shape index (κ3) is 17.2. The maximum atomic E-state index is 12.2. The van der Waals surface area contributed by atoms with Crippen molar-refractivity contribution in [2.24, 2.45) is 5.92 Å². The van der Waals surface area contributed by atoms with E-state index in [0.29, 0.717) is 12.8 Å². The van der Waals surface area contributed by atoms with Crippen LogP contribution in [-0.4, -0.2) is 36.4 Å². The molecule has 3 atom stereocenters. The molecule has 0 rings (SSSR count). The van der Waals surface area contributed by atoms with Gasteiger partial charge in [-0.15, -0.1) is 0 Å². The summed E-state index contributed by atoms with van der Waals surface area (Å²) in [4.78, 5) is 23.6. The topological polar surface area (TPSA) is 72.8 Å². The summed E-state index contributed by atoms with van der Waals surface area (Å²) < 4.78 is 10.5. The molecule has 0 radical (unpaired) electrons. The van der Waals surface area contributed by atoms with E-state index >= 15 is 0 Å². The molecule has 31 heavy (non-hydrogen) atoms. The van der Waals surface area contributed by atoms with Crippen LogP contribution in [0.1, 0.15) is 130 Å². The number of aliphatic hydroxyl groups excluding tert-OH is 1. The van der Waals surface area contributed by atoms with Crippen molar-refractivity contribution in [1.29, 1.82) is 0 Å². The Kier molecular flexibility index (Phi) is 20.0. The van der Waals surface area contributed by atoms with Gasteiger partial charge in [0.2, 0.25) is 0 Å². The van der Waals surface area contributed by atoms with Crippen LogP contribution in [0, 0.1) is 5.92 Å². The van der Waals surface area contributed by atoms with E-state index < -0.39 is 6.10 Å². The zero-order valence-corrected chi connectivity index (χ0v) is 20.8. The lowest BCUT2D eigenvalue weighted by Crippen LogP contribution is -2.31. The molecule has 0 aliphatic carbocycles. The number of rotatable bonds is 21. The van der Waals surface area contributed by atoms with E-state index in [1.807, 2.05) is 6.92 Å². The molecule has 0 bridgehead atoms. The van der Waals surface area contributed by atoms with E-state index in [1.54, 1.807) is 0 Å². The van der Waals surface area contributed by atoms with Crippen molar-refractivity contribution in [3.05, 3.63) is 0 Å². The van der Waals surface area contributed by atoms with Gasteiger partial charge in [-0.3, -0.25) is 9.59 Å². The zero-order chi connectivity index (χ0) is 23.3. The van der Waals surface area contributed by atoms with Crippen molar-refractivity contribution in [2.45, 2.75) is 142 Å². The molecule has 0 saturated heterocycles. The number of methoxy groups -OCH3 is 1. The van der Waals surface area contributed by atoms with Crippen molar-refractivity contribution in [1.82, 2.24) is 0 Å². The fourth-order valence-corrected chi connectivity index (χ4v) is 3.87. The van der Waals surface area contributed by atoms with Crippen LogP contribution in [0.5, 0.6) is 0 Å². The van der Waals surface area contributed by atoms with Gasteiger partial charge >= 0.3 is 11.9 Å². The molecule has 0 aromatic heterocycles. The molecular formula is C26H50O5. The number of hydrogen-bond acceptors (Lipinski definition) is 5. The van der Waals surface area contributed by atoms with E-state index in [-0.39, 0.29) is 24.0 Å². The SMILES string of the molecule is CCCCCCCCC(OC(=O)CCCCC)C(O)CCCCCCC(C)C(=O)OC. The lowest BCUT2D eigenvalue weighted by Gasteiger charge is -2.23. The number of carbonyl (C=O) groups is 2. The number of hydrogen-bond donors (Lipinski definition) is 1. The molecule has 0 aromatic rings. The second-order valence-electron chi connectivity index (χ2n) is 9.02. The Bertz CT molecular complexity index is 438. The third-order valence-corrected chi connectivity index (χ3v) is 6.03. The quantitative estimate of drug-likeness (QED) is 0.157. The first kappa shape index (κ1) is 29.9. The fourth-order valence-electron chi connectivity index (χ4n) is 3.87. The highest BCUT2D eigenvalue weighted by molar-refractivity contribution is 5.71. The summed E-state index contributed by atoms with van der Waals surface area (Å²) >= 11 is 0. The van der Waals surface area contributed by atoms with E-state index in [0.717, 1.165) is 70.6 Å². The van der Waals surface area contributed by atoms with Crippen LogP contribution in [0.15, 0.2) is 0 Å². The van der Waals surface area contributed by atoms with Gasteiger partial charge in [0.05, 0.1) is 19.1 Å². The van der Waals surface area contributed by atoms with Gasteiger partial charge in [-0.1, -0.05) is 91.4 Å². The molecule has 5 nitrogen and oxygen atoms in total. The molecule has 184 valence electrons. The predicted molar refractivity (Wildman–Crippen MR) is 127 cm³/mol. The Hall–Kier alpha value is -1.10. The van der Waals surface area contributed by atoms with Crippen molar-refractivity contribution < 1.29 is 24.2 Å². The minimum absolute atomic E-state index is 0.0515. The minimum Gasteiger partial charge on any atom is -0.469 e. The molecule has 0 aliphatic heterocycles. The van der Waals surface area contributed by atoms with Crippen LogP contribution < -0.4 is 0 Å². The average Bonchev–Trinajstić information content (AvgIpc) is 2.76. The summed E-state index contributed by atoms with van der Waals surface area (Å²) in [6.45, 7) is 6.23. The molecule has 0 amide bonds. The second kappa shape index (κ2) is 20.8. The highest BCUT2D eigenvalue weighted by Crippen LogP contribution is 2.19. The third-order valence-electron chi connectivity index (χ3n) is 6.03. The van der Waals surface area contributed by atoms with Gasteiger partial charge in [0.1, 0.15) is 6.10 Å². The van der Waals surface area contributed by atoms with Gasteiger partial charge in [-0.2, -0.15) is 0 Å². The number of aliphatic hydroxyl groups is 1. The second-order valence-corrected chi connectivity index (χ2v) is 9.02. The monoisotopic (exact) mass is 442 g/mol. The van der Waals surface area contributed by atoms with Gasteiger partial charge in [0.15, 0.2) is 0 Å². The molecule has 0 saturated carbocycles. The Labute approximate surface area is 191 Å². The lowest BCUT2D eigenvalue weighted by molar-refractivity contribution is -0.156. The first-order chi connectivity index (χ1) is 15.0. The summed E-state index contributed by atoms with van der Waals surface area (Å²) in [6, 6.07) is 0. The Morgan fingerprint density at radius 1 is 0.742 bits per heavy atom. The molecular weight excluding hydrogens is 392 g/mol. The van der Waals surface area contributed by atoms with E-state index in [1.165, 1.54) is 32.8 Å². The molecule has 5 heteroatoms. The summed E-state index contributed by atoms with van der Waals surface area (Å²) in [7, 11) is 1.43. The maximum absolute atomic E-state index is 12.2. The van der Waals surface area contributed by atoms with Crippen LogP contribution in [0.3, 0.4) is 0 Å². The first-order valence-electron chi connectivity index (χ1n) is 12.9. The molecule has 0 fully saturated rings. The zero-order valence-electron chi connectivity index (χ0n) is 20.8. The summed E-state index contributed by atoms with van der Waals surface area (Å²) in [5, 5.41) is 10.7. The highest BCUT2D eigenvalue weighted by atomic mass is 16.6. The van der Waals surface area contributed by atoms with E-state index in [9.17, 15) is 14.7 Å². The minimum atomic E-state index is -0.584. The fraction of sp³-hybridized carbons (Fsp3) is 0.923. The largest absolute Gasteiger partial charge is 0.469 e. The van der Waals surface area contributed by atoms with Gasteiger partial charge < -0.3 is 14.6 Å². The Morgan fingerprint density at radius 3 is 1.87 bits per heavy atom. The molecule has 0 heterocycles. The van der Waals surface area contributed by atoms with Crippen molar-refractivity contribution in [3.63, 3.8) is 0 Å². The smallest absolute Gasteiger partial charge is 0.308 e. The number of carbonyl (C=O) groups excluding carboxylic acids is 2. The first-order valence-corrected chi connectivity index (χ1v) is 12.9. The predicted octanol–water partition coefficient (Wildman–Crippen LogP) is 6.74. The van der Waals surface area contributed by atoms with Crippen LogP contribution in [0.4, 0.5) is 0 Å². The molecule has 3 unspecified atom stereocenters. The van der Waals surface area contributed by atoms with E-state index in [2.05, 4.69) is 13.8 Å². The van der Waals surface area contributed by atoms with Gasteiger partial charge in [-0.25, -0.2) is 0 Å². The van der Waals surface area contributed by atoms with Crippen molar-refractivity contribution in [3.8, 4) is 0 Å². The summed E-state index contributed by atoms with van der Waals surface area (Å²) in [5.74, 6) is -0.363. The molecule has 0 aromatic carbocycles. The molecule has 1 N–H and O–H groups in total. The van der Waals surface area contributed by atoms with E-state index in [4.69, 9.17) is 9.47 Å². The van der Waals surface area contributed by atoms with Gasteiger partial charge in [0.25, 0.3) is 0 Å². The lowest BCUT2D eigenvalue weighted by atomic mass is 9.98. The van der Waals surface area contributed by atoms with Crippen LogP contribution >= 0.6 is 0 Å². The standard InChI is InChI=1S/C26H50O5/c1-5-7-9-10-11-17-20-24(31-25(28)21-14-8-6-2)23(27)19-16-13-12-15-18-22(3)26(29)30-4/h22-24,27H,5-21H2,1-4H3. The molecule has 0 spiro atoms. The van der Waals surface area contributed by atoms with Crippen molar-refractivity contribution in [2.75, 3.05) is 7.11 Å². The van der Waals surface area contributed by atoms with Crippen LogP contribution in [-0.2, 0) is 19.1 Å². The van der Waals surface area contributed by atoms with Gasteiger partial charge in [0, 0.05) is 6.42 Å². The normalized spacial score (nSPS) is 14.1. The van der Waals surface area contributed by atoms with Crippen LogP contribution in [0.2, 0.25) is 0 Å². The Balaban J connectivity index is 4.26. The van der Waals surface area contributed by atoms with Gasteiger partial charge in [-0.05, 0) is 32.1 Å². The molecule has 0 aliphatic rings. The average molecular weight is 443 g/mol. The van der Waals surface area contributed by atoms with Crippen molar-refractivity contribution >= 4 is 11.9 Å². The summed E-state index contributed by atoms with van der Waals surface area (Å²) in [6.07, 6.45) is 15.8. The summed E-state index contributed by atoms with van der Waals surface area (Å²) in [5.41, 5.74) is 0. The number of unbranched alkanes of at least 4 members (excludes halogenated alkanes) is 10. The van der Waals surface area contributed by atoms with Crippen LogP contribution in [0.25, 0.3) is 0 Å². The maximum Gasteiger partial charge on any atom is 0.308 e. The Morgan fingerprint density at radius 2 is 1.26 bits per heavy atom. The number of esters is 2. The highest BCUT2D eigenvalue weighted by Gasteiger charge is 2.22.